The number of rotatable bonds is 14. The van der Waals surface area contributed by atoms with Crippen LogP contribution in [0.4, 0.5) is 0 Å². The first-order chi connectivity index (χ1) is 17.7. The van der Waals surface area contributed by atoms with E-state index in [0.717, 1.165) is 0 Å². The topological polar surface area (TPSA) is 0 Å². The highest BCUT2D eigenvalue weighted by atomic mass is 32.1. The van der Waals surface area contributed by atoms with Crippen molar-refractivity contribution >= 4 is 34.8 Å². The van der Waals surface area contributed by atoms with Crippen molar-refractivity contribution in [2.75, 3.05) is 0 Å². The number of hydrogen-bond donors (Lipinski definition) is 0. The molecule has 2 heterocycles. The van der Waals surface area contributed by atoms with E-state index in [1.807, 2.05) is 22.7 Å². The number of benzene rings is 2. The summed E-state index contributed by atoms with van der Waals surface area (Å²) in [5.41, 5.74) is 8.10. The third kappa shape index (κ3) is 8.05. The summed E-state index contributed by atoms with van der Waals surface area (Å²) in [5, 5.41) is 4.67. The SMILES string of the molecule is CCCCCCc1csc(-c2ccc(/C=C/c3ccc(-c4cc(CCCCCC)cs4)cc3)cc2)c1. The molecule has 188 valence electrons. The van der Waals surface area contributed by atoms with Crippen molar-refractivity contribution in [3.05, 3.63) is 93.7 Å². The zero-order valence-electron chi connectivity index (χ0n) is 22.0. The third-order valence-corrected chi connectivity index (χ3v) is 8.86. The van der Waals surface area contributed by atoms with Crippen molar-refractivity contribution in [1.29, 1.82) is 0 Å². The van der Waals surface area contributed by atoms with E-state index in [1.54, 1.807) is 0 Å². The lowest BCUT2D eigenvalue weighted by molar-refractivity contribution is 0.667. The molecule has 2 heteroatoms. The second kappa shape index (κ2) is 14.4. The first-order valence-electron chi connectivity index (χ1n) is 13.8. The van der Waals surface area contributed by atoms with Gasteiger partial charge in [0.15, 0.2) is 0 Å². The fourth-order valence-corrected chi connectivity index (χ4v) is 6.45. The number of unbranched alkanes of at least 4 members (excludes halogenated alkanes) is 6. The van der Waals surface area contributed by atoms with Crippen LogP contribution in [0, 0.1) is 0 Å². The molecule has 0 aliphatic heterocycles. The summed E-state index contributed by atoms with van der Waals surface area (Å²) in [6, 6.07) is 22.7. The van der Waals surface area contributed by atoms with Crippen molar-refractivity contribution in [3.8, 4) is 20.9 Å². The first kappa shape index (κ1) is 26.6. The molecule has 0 amide bonds. The van der Waals surface area contributed by atoms with Crippen molar-refractivity contribution in [2.24, 2.45) is 0 Å². The molecule has 0 aliphatic rings. The molecule has 4 aromatic rings. The molecule has 0 atom stereocenters. The summed E-state index contributed by atoms with van der Waals surface area (Å²) in [6.07, 6.45) is 17.5. The Morgan fingerprint density at radius 3 is 1.33 bits per heavy atom. The molecule has 0 N–H and O–H groups in total. The molecular weight excluding hydrogens is 473 g/mol. The Bertz CT molecular complexity index is 1090. The highest BCUT2D eigenvalue weighted by molar-refractivity contribution is 7.14. The maximum Gasteiger partial charge on any atom is 0.0345 e. The van der Waals surface area contributed by atoms with E-state index >= 15 is 0 Å². The molecule has 0 bridgehead atoms. The Morgan fingerprint density at radius 1 is 0.528 bits per heavy atom. The molecule has 2 aromatic heterocycles. The summed E-state index contributed by atoms with van der Waals surface area (Å²) in [5.74, 6) is 0. The number of thiophene rings is 2. The summed E-state index contributed by atoms with van der Waals surface area (Å²) < 4.78 is 0. The zero-order chi connectivity index (χ0) is 25.0. The maximum atomic E-state index is 2.38. The van der Waals surface area contributed by atoms with Crippen LogP contribution < -0.4 is 0 Å². The van der Waals surface area contributed by atoms with Gasteiger partial charge in [-0.2, -0.15) is 0 Å². The Kier molecular flexibility index (Phi) is 10.6. The Hall–Kier alpha value is -2.42. The van der Waals surface area contributed by atoms with E-state index in [-0.39, 0.29) is 0 Å². The lowest BCUT2D eigenvalue weighted by Crippen LogP contribution is -1.82. The van der Waals surface area contributed by atoms with Crippen LogP contribution in [0.1, 0.15) is 87.5 Å². The third-order valence-electron chi connectivity index (χ3n) is 6.80. The Labute approximate surface area is 226 Å². The smallest absolute Gasteiger partial charge is 0.0345 e. The van der Waals surface area contributed by atoms with Crippen LogP contribution in [0.3, 0.4) is 0 Å². The number of hydrogen-bond acceptors (Lipinski definition) is 2. The monoisotopic (exact) mass is 512 g/mol. The molecule has 0 saturated heterocycles. The minimum atomic E-state index is 1.21. The molecule has 0 saturated carbocycles. The molecule has 0 radical (unpaired) electrons. The highest BCUT2D eigenvalue weighted by Gasteiger charge is 2.04. The van der Waals surface area contributed by atoms with Gasteiger partial charge in [-0.15, -0.1) is 22.7 Å². The summed E-state index contributed by atoms with van der Waals surface area (Å²) >= 11 is 3.74. The largest absolute Gasteiger partial charge is 0.144 e. The summed E-state index contributed by atoms with van der Waals surface area (Å²) in [4.78, 5) is 2.76. The van der Waals surface area contributed by atoms with E-state index in [2.05, 4.69) is 97.4 Å². The van der Waals surface area contributed by atoms with Crippen LogP contribution in [-0.4, -0.2) is 0 Å². The lowest BCUT2D eigenvalue weighted by atomic mass is 10.1. The van der Waals surface area contributed by atoms with Crippen LogP contribution in [0.25, 0.3) is 33.0 Å². The van der Waals surface area contributed by atoms with Gasteiger partial charge in [-0.05, 0) is 82.0 Å². The van der Waals surface area contributed by atoms with Crippen LogP contribution >= 0.6 is 22.7 Å². The standard InChI is InChI=1S/C34H40S2/c1-3-5-7-9-11-29-23-33(35-25-29)31-19-15-27(16-20-31)13-14-28-17-21-32(22-18-28)34-24-30(26-36-34)12-10-8-6-4-2/h13-26H,3-12H2,1-2H3/b14-13+. The van der Waals surface area contributed by atoms with Gasteiger partial charge in [-0.25, -0.2) is 0 Å². The average Bonchev–Trinajstić information content (AvgIpc) is 3.59. The molecule has 0 spiro atoms. The van der Waals surface area contributed by atoms with E-state index < -0.39 is 0 Å². The van der Waals surface area contributed by atoms with Crippen molar-refractivity contribution in [1.82, 2.24) is 0 Å². The Morgan fingerprint density at radius 2 is 0.944 bits per heavy atom. The second-order valence-corrected chi connectivity index (χ2v) is 11.7. The number of aryl methyl sites for hydroxylation is 2. The van der Waals surface area contributed by atoms with Gasteiger partial charge in [-0.1, -0.05) is 113 Å². The van der Waals surface area contributed by atoms with Gasteiger partial charge in [0.25, 0.3) is 0 Å². The van der Waals surface area contributed by atoms with Crippen molar-refractivity contribution in [2.45, 2.75) is 78.1 Å². The van der Waals surface area contributed by atoms with Gasteiger partial charge < -0.3 is 0 Å². The predicted octanol–water partition coefficient (Wildman–Crippen LogP) is 11.6. The normalized spacial score (nSPS) is 11.5. The predicted molar refractivity (Wildman–Crippen MR) is 164 cm³/mol. The lowest BCUT2D eigenvalue weighted by Gasteiger charge is -2.01. The fraction of sp³-hybridized carbons (Fsp3) is 0.353. The summed E-state index contributed by atoms with van der Waals surface area (Å²) in [7, 11) is 0. The molecule has 2 aromatic carbocycles. The van der Waals surface area contributed by atoms with Gasteiger partial charge in [0.1, 0.15) is 0 Å². The zero-order valence-corrected chi connectivity index (χ0v) is 23.6. The van der Waals surface area contributed by atoms with Crippen molar-refractivity contribution in [3.63, 3.8) is 0 Å². The van der Waals surface area contributed by atoms with Crippen molar-refractivity contribution < 1.29 is 0 Å². The van der Waals surface area contributed by atoms with Gasteiger partial charge >= 0.3 is 0 Å². The maximum absolute atomic E-state index is 2.38. The van der Waals surface area contributed by atoms with E-state index in [4.69, 9.17) is 0 Å². The fourth-order valence-electron chi connectivity index (χ4n) is 4.54. The highest BCUT2D eigenvalue weighted by Crippen LogP contribution is 2.30. The minimum Gasteiger partial charge on any atom is -0.144 e. The van der Waals surface area contributed by atoms with E-state index in [9.17, 15) is 0 Å². The molecule has 0 nitrogen and oxygen atoms in total. The first-order valence-corrected chi connectivity index (χ1v) is 15.5. The van der Waals surface area contributed by atoms with Crippen LogP contribution in [0.15, 0.2) is 71.4 Å². The van der Waals surface area contributed by atoms with Crippen LogP contribution in [-0.2, 0) is 12.8 Å². The molecule has 4 rings (SSSR count). The molecule has 36 heavy (non-hydrogen) atoms. The quantitative estimate of drug-likeness (QED) is 0.116. The Balaban J connectivity index is 1.30. The van der Waals surface area contributed by atoms with Gasteiger partial charge in [0.2, 0.25) is 0 Å². The molecule has 0 unspecified atom stereocenters. The van der Waals surface area contributed by atoms with Gasteiger partial charge in [-0.3, -0.25) is 0 Å². The van der Waals surface area contributed by atoms with Gasteiger partial charge in [0, 0.05) is 9.75 Å². The molecular formula is C34H40S2. The summed E-state index contributed by atoms with van der Waals surface area (Å²) in [6.45, 7) is 4.54. The van der Waals surface area contributed by atoms with Crippen LogP contribution in [0.5, 0.6) is 0 Å². The van der Waals surface area contributed by atoms with Crippen LogP contribution in [0.2, 0.25) is 0 Å². The minimum absolute atomic E-state index is 1.21. The average molecular weight is 513 g/mol. The molecule has 0 fully saturated rings. The van der Waals surface area contributed by atoms with E-state index in [0.29, 0.717) is 0 Å². The van der Waals surface area contributed by atoms with Gasteiger partial charge in [0.05, 0.1) is 0 Å². The second-order valence-electron chi connectivity index (χ2n) is 9.84. The van der Waals surface area contributed by atoms with E-state index in [1.165, 1.54) is 107 Å². The molecule has 0 aliphatic carbocycles.